The van der Waals surface area contributed by atoms with Crippen molar-refractivity contribution < 1.29 is 0 Å². The van der Waals surface area contributed by atoms with Crippen molar-refractivity contribution in [1.29, 1.82) is 0 Å². The molecule has 1 heterocycles. The molecule has 0 atom stereocenters. The van der Waals surface area contributed by atoms with Crippen LogP contribution in [0.25, 0.3) is 0 Å². The monoisotopic (exact) mass is 157 g/mol. The van der Waals surface area contributed by atoms with E-state index in [-0.39, 0.29) is 0 Å². The summed E-state index contributed by atoms with van der Waals surface area (Å²) in [6.07, 6.45) is 2.53. The molecule has 1 aliphatic rings. The van der Waals surface area contributed by atoms with Crippen LogP contribution in [0.2, 0.25) is 0 Å². The lowest BCUT2D eigenvalue weighted by Gasteiger charge is -2.42. The van der Waals surface area contributed by atoms with Gasteiger partial charge in [0.15, 0.2) is 0 Å². The third kappa shape index (κ3) is 2.15. The molecular weight excluding hydrogens is 138 g/mol. The van der Waals surface area contributed by atoms with Crippen LogP contribution in [0.1, 0.15) is 19.8 Å². The van der Waals surface area contributed by atoms with E-state index in [1.165, 1.54) is 32.5 Å². The van der Waals surface area contributed by atoms with Gasteiger partial charge in [-0.15, -0.1) is 0 Å². The van der Waals surface area contributed by atoms with Crippen molar-refractivity contribution in [3.63, 3.8) is 0 Å². The summed E-state index contributed by atoms with van der Waals surface area (Å²) < 4.78 is 0. The standard InChI is InChI=1S/C8H19N3/c1-4-6-11-8-5-7-9(2)10(11)3/h4-8H2,1-3H3. The first kappa shape index (κ1) is 8.97. The van der Waals surface area contributed by atoms with Crippen LogP contribution < -0.4 is 0 Å². The number of hydrogen-bond acceptors (Lipinski definition) is 3. The van der Waals surface area contributed by atoms with Crippen molar-refractivity contribution in [2.75, 3.05) is 33.7 Å². The average molecular weight is 157 g/mol. The number of hydrazine groups is 2. The number of rotatable bonds is 2. The maximum absolute atomic E-state index is 2.39. The Labute approximate surface area is 69.5 Å². The van der Waals surface area contributed by atoms with Gasteiger partial charge in [0, 0.05) is 33.7 Å². The van der Waals surface area contributed by atoms with Gasteiger partial charge in [-0.05, 0) is 12.8 Å². The zero-order valence-electron chi connectivity index (χ0n) is 7.88. The van der Waals surface area contributed by atoms with Crippen molar-refractivity contribution in [3.8, 4) is 0 Å². The lowest BCUT2D eigenvalue weighted by Crippen LogP contribution is -2.54. The van der Waals surface area contributed by atoms with Crippen LogP contribution in [-0.2, 0) is 0 Å². The smallest absolute Gasteiger partial charge is 0.0179 e. The summed E-state index contributed by atoms with van der Waals surface area (Å²) in [7, 11) is 4.27. The van der Waals surface area contributed by atoms with E-state index in [1.807, 2.05) is 0 Å². The van der Waals surface area contributed by atoms with Crippen LogP contribution in [-0.4, -0.2) is 48.9 Å². The highest BCUT2D eigenvalue weighted by molar-refractivity contribution is 4.59. The first-order valence-electron chi connectivity index (χ1n) is 4.45. The molecule has 66 valence electrons. The Balaban J connectivity index is 2.38. The van der Waals surface area contributed by atoms with Gasteiger partial charge in [-0.3, -0.25) is 0 Å². The van der Waals surface area contributed by atoms with E-state index in [0.717, 1.165) is 0 Å². The van der Waals surface area contributed by atoms with Gasteiger partial charge in [0.1, 0.15) is 0 Å². The van der Waals surface area contributed by atoms with Gasteiger partial charge in [0.25, 0.3) is 0 Å². The molecule has 11 heavy (non-hydrogen) atoms. The van der Waals surface area contributed by atoms with E-state index in [0.29, 0.717) is 0 Å². The van der Waals surface area contributed by atoms with Gasteiger partial charge in [-0.2, -0.15) is 5.12 Å². The molecule has 1 rings (SSSR count). The van der Waals surface area contributed by atoms with Crippen LogP contribution in [0.5, 0.6) is 0 Å². The maximum Gasteiger partial charge on any atom is 0.0179 e. The summed E-state index contributed by atoms with van der Waals surface area (Å²) in [4.78, 5) is 0. The fraction of sp³-hybridized carbons (Fsp3) is 1.00. The molecule has 3 nitrogen and oxygen atoms in total. The van der Waals surface area contributed by atoms with E-state index < -0.39 is 0 Å². The van der Waals surface area contributed by atoms with Crippen molar-refractivity contribution in [2.45, 2.75) is 19.8 Å². The predicted octanol–water partition coefficient (Wildman–Crippen LogP) is 0.796. The molecule has 0 saturated carbocycles. The lowest BCUT2D eigenvalue weighted by molar-refractivity contribution is -0.179. The zero-order valence-corrected chi connectivity index (χ0v) is 7.88. The van der Waals surface area contributed by atoms with E-state index in [1.54, 1.807) is 0 Å². The number of hydrogen-bond donors (Lipinski definition) is 0. The topological polar surface area (TPSA) is 9.72 Å². The van der Waals surface area contributed by atoms with Crippen molar-refractivity contribution in [2.24, 2.45) is 0 Å². The Morgan fingerprint density at radius 2 is 1.91 bits per heavy atom. The fourth-order valence-corrected chi connectivity index (χ4v) is 1.50. The minimum Gasteiger partial charge on any atom is -0.231 e. The van der Waals surface area contributed by atoms with Gasteiger partial charge in [0.05, 0.1) is 0 Å². The molecule has 0 radical (unpaired) electrons. The predicted molar refractivity (Wildman–Crippen MR) is 46.9 cm³/mol. The summed E-state index contributed by atoms with van der Waals surface area (Å²) >= 11 is 0. The Morgan fingerprint density at radius 1 is 1.18 bits per heavy atom. The SMILES string of the molecule is CCCN1CCCN(C)N1C. The molecule has 0 aromatic rings. The molecule has 1 aliphatic heterocycles. The van der Waals surface area contributed by atoms with E-state index in [2.05, 4.69) is 36.2 Å². The first-order valence-corrected chi connectivity index (χ1v) is 4.45. The van der Waals surface area contributed by atoms with Gasteiger partial charge in [-0.1, -0.05) is 6.92 Å². The summed E-state index contributed by atoms with van der Waals surface area (Å²) in [6.45, 7) is 5.81. The molecule has 0 unspecified atom stereocenters. The van der Waals surface area contributed by atoms with Crippen LogP contribution in [0.15, 0.2) is 0 Å². The Kier molecular flexibility index (Phi) is 3.30. The van der Waals surface area contributed by atoms with Gasteiger partial charge in [0.2, 0.25) is 0 Å². The van der Waals surface area contributed by atoms with E-state index in [9.17, 15) is 0 Å². The third-order valence-electron chi connectivity index (χ3n) is 2.28. The van der Waals surface area contributed by atoms with Crippen LogP contribution >= 0.6 is 0 Å². The molecule has 0 aromatic carbocycles. The number of nitrogens with zero attached hydrogens (tertiary/aromatic N) is 3. The third-order valence-corrected chi connectivity index (χ3v) is 2.28. The largest absolute Gasteiger partial charge is 0.231 e. The lowest BCUT2D eigenvalue weighted by atomic mass is 10.3. The second-order valence-corrected chi connectivity index (χ2v) is 3.18. The molecule has 0 bridgehead atoms. The molecule has 0 aromatic heterocycles. The van der Waals surface area contributed by atoms with Crippen molar-refractivity contribution in [3.05, 3.63) is 0 Å². The Morgan fingerprint density at radius 3 is 2.55 bits per heavy atom. The minimum atomic E-state index is 1.18. The average Bonchev–Trinajstić information content (AvgIpc) is 1.99. The molecule has 0 aliphatic carbocycles. The highest BCUT2D eigenvalue weighted by Crippen LogP contribution is 2.07. The Hall–Kier alpha value is -0.120. The van der Waals surface area contributed by atoms with Gasteiger partial charge < -0.3 is 0 Å². The van der Waals surface area contributed by atoms with Crippen LogP contribution in [0.3, 0.4) is 0 Å². The molecule has 3 heteroatoms. The highest BCUT2D eigenvalue weighted by Gasteiger charge is 2.18. The quantitative estimate of drug-likeness (QED) is 0.587. The van der Waals surface area contributed by atoms with Gasteiger partial charge in [-0.25, -0.2) is 10.0 Å². The first-order chi connectivity index (χ1) is 5.25. The van der Waals surface area contributed by atoms with Crippen LogP contribution in [0.4, 0.5) is 0 Å². The molecule has 1 saturated heterocycles. The van der Waals surface area contributed by atoms with E-state index >= 15 is 0 Å². The molecular formula is C8H19N3. The maximum atomic E-state index is 2.39. The summed E-state index contributed by atoms with van der Waals surface area (Å²) in [6, 6.07) is 0. The molecule has 0 amide bonds. The zero-order chi connectivity index (χ0) is 8.27. The van der Waals surface area contributed by atoms with Gasteiger partial charge >= 0.3 is 0 Å². The van der Waals surface area contributed by atoms with E-state index in [4.69, 9.17) is 0 Å². The minimum absolute atomic E-state index is 1.18. The molecule has 0 spiro atoms. The van der Waals surface area contributed by atoms with Crippen LogP contribution in [0, 0.1) is 0 Å². The summed E-state index contributed by atoms with van der Waals surface area (Å²) in [5, 5.41) is 6.88. The highest BCUT2D eigenvalue weighted by atomic mass is 15.8. The second kappa shape index (κ2) is 4.04. The second-order valence-electron chi connectivity index (χ2n) is 3.18. The molecule has 1 fully saturated rings. The summed E-state index contributed by atoms with van der Waals surface area (Å²) in [5.74, 6) is 0. The normalized spacial score (nSPS) is 24.3. The van der Waals surface area contributed by atoms with Crippen molar-refractivity contribution in [1.82, 2.24) is 15.1 Å². The fourth-order valence-electron chi connectivity index (χ4n) is 1.50. The van der Waals surface area contributed by atoms with Crippen molar-refractivity contribution >= 4 is 0 Å². The Bertz CT molecular complexity index is 114. The molecule has 0 N–H and O–H groups in total. The summed E-state index contributed by atoms with van der Waals surface area (Å²) in [5.41, 5.74) is 0.